The van der Waals surface area contributed by atoms with E-state index in [2.05, 4.69) is 15.1 Å². The Hall–Kier alpha value is -1.85. The molecule has 0 spiro atoms. The van der Waals surface area contributed by atoms with Crippen molar-refractivity contribution in [2.45, 2.75) is 6.92 Å². The zero-order valence-electron chi connectivity index (χ0n) is 6.40. The van der Waals surface area contributed by atoms with Crippen molar-refractivity contribution in [3.63, 3.8) is 0 Å². The maximum Gasteiger partial charge on any atom is 0.349 e. The fourth-order valence-electron chi connectivity index (χ4n) is 1.05. The number of aryl methyl sites for hydroxylation is 1. The molecular weight excluding hydrogens is 158 g/mol. The van der Waals surface area contributed by atoms with Gasteiger partial charge in [-0.3, -0.25) is 4.98 Å². The molecule has 0 amide bonds. The van der Waals surface area contributed by atoms with Gasteiger partial charge in [0.05, 0.1) is 5.69 Å². The number of fused-ring (bicyclic) bond motifs is 1. The molecule has 0 aliphatic heterocycles. The van der Waals surface area contributed by atoms with Gasteiger partial charge in [0.15, 0.2) is 0 Å². The second-order valence-electron chi connectivity index (χ2n) is 2.48. The topological polar surface area (TPSA) is 89.1 Å². The number of nitrogens with two attached hydrogens (primary N) is 1. The Morgan fingerprint density at radius 1 is 1.67 bits per heavy atom. The first-order chi connectivity index (χ1) is 5.66. The van der Waals surface area contributed by atoms with E-state index in [1.807, 2.05) is 6.92 Å². The van der Waals surface area contributed by atoms with Crippen LogP contribution < -0.4 is 11.4 Å². The number of nitrogens with zero attached hydrogens (tertiary/aromatic N) is 3. The lowest BCUT2D eigenvalue weighted by Gasteiger charge is -1.93. The number of H-pyrrole nitrogens is 1. The molecule has 0 aliphatic carbocycles. The monoisotopic (exact) mass is 165 g/mol. The van der Waals surface area contributed by atoms with E-state index in [4.69, 9.17) is 5.73 Å². The molecule has 6 nitrogen and oxygen atoms in total. The minimum Gasteiger partial charge on any atom is -0.368 e. The fourth-order valence-corrected chi connectivity index (χ4v) is 1.05. The summed E-state index contributed by atoms with van der Waals surface area (Å²) in [5.74, 6) is 0.0989. The van der Waals surface area contributed by atoms with E-state index < -0.39 is 5.69 Å². The van der Waals surface area contributed by atoms with Gasteiger partial charge in [0.2, 0.25) is 5.95 Å². The van der Waals surface area contributed by atoms with Crippen molar-refractivity contribution < 1.29 is 0 Å². The zero-order chi connectivity index (χ0) is 8.72. The van der Waals surface area contributed by atoms with Gasteiger partial charge in [-0.2, -0.15) is 14.6 Å². The van der Waals surface area contributed by atoms with Crippen molar-refractivity contribution in [1.82, 2.24) is 19.6 Å². The summed E-state index contributed by atoms with van der Waals surface area (Å²) >= 11 is 0. The highest BCUT2D eigenvalue weighted by molar-refractivity contribution is 5.42. The molecule has 0 saturated carbocycles. The van der Waals surface area contributed by atoms with Gasteiger partial charge in [-0.05, 0) is 6.92 Å². The number of nitrogen functional groups attached to an aromatic ring is 1. The number of rotatable bonds is 0. The van der Waals surface area contributed by atoms with Crippen molar-refractivity contribution in [3.8, 4) is 0 Å². The van der Waals surface area contributed by atoms with E-state index in [1.54, 1.807) is 6.07 Å². The first-order valence-corrected chi connectivity index (χ1v) is 3.39. The normalized spacial score (nSPS) is 10.8. The average molecular weight is 165 g/mol. The summed E-state index contributed by atoms with van der Waals surface area (Å²) in [5, 5.41) is 4.01. The van der Waals surface area contributed by atoms with Crippen molar-refractivity contribution in [2.75, 3.05) is 5.73 Å². The number of aromatic amines is 1. The molecule has 0 fully saturated rings. The zero-order valence-corrected chi connectivity index (χ0v) is 6.40. The van der Waals surface area contributed by atoms with Crippen LogP contribution in [0.5, 0.6) is 0 Å². The molecule has 0 saturated heterocycles. The molecule has 0 aromatic carbocycles. The first kappa shape index (κ1) is 6.84. The summed E-state index contributed by atoms with van der Waals surface area (Å²) in [7, 11) is 0. The second kappa shape index (κ2) is 2.07. The van der Waals surface area contributed by atoms with Crippen LogP contribution in [-0.2, 0) is 0 Å². The molecule has 3 N–H and O–H groups in total. The minimum absolute atomic E-state index is 0.0989. The van der Waals surface area contributed by atoms with Gasteiger partial charge in [-0.25, -0.2) is 4.79 Å². The van der Waals surface area contributed by atoms with Gasteiger partial charge in [-0.1, -0.05) is 0 Å². The maximum atomic E-state index is 10.8. The molecule has 2 heterocycles. The van der Waals surface area contributed by atoms with Crippen LogP contribution in [0.2, 0.25) is 0 Å². The van der Waals surface area contributed by atoms with Gasteiger partial charge in [0, 0.05) is 6.07 Å². The van der Waals surface area contributed by atoms with Crippen LogP contribution in [0.25, 0.3) is 5.65 Å². The Morgan fingerprint density at radius 3 is 3.17 bits per heavy atom. The molecule has 0 atom stereocenters. The first-order valence-electron chi connectivity index (χ1n) is 3.39. The van der Waals surface area contributed by atoms with Gasteiger partial charge in [0.25, 0.3) is 0 Å². The third-order valence-corrected chi connectivity index (χ3v) is 1.50. The van der Waals surface area contributed by atoms with Crippen LogP contribution in [0.15, 0.2) is 10.9 Å². The lowest BCUT2D eigenvalue weighted by atomic mass is 10.5. The molecule has 2 aromatic rings. The minimum atomic E-state index is -0.458. The number of nitrogens with one attached hydrogen (secondary N) is 1. The predicted molar refractivity (Wildman–Crippen MR) is 42.8 cm³/mol. The van der Waals surface area contributed by atoms with E-state index in [0.717, 1.165) is 5.69 Å². The SMILES string of the molecule is Cc1cc2[nH]c(=O)nc(N)n2n1. The number of aromatic nitrogens is 4. The second-order valence-corrected chi connectivity index (χ2v) is 2.48. The highest BCUT2D eigenvalue weighted by atomic mass is 16.1. The lowest BCUT2D eigenvalue weighted by Crippen LogP contribution is -2.16. The van der Waals surface area contributed by atoms with E-state index >= 15 is 0 Å². The summed E-state index contributed by atoms with van der Waals surface area (Å²) < 4.78 is 1.39. The molecule has 12 heavy (non-hydrogen) atoms. The largest absolute Gasteiger partial charge is 0.368 e. The molecule has 0 bridgehead atoms. The summed E-state index contributed by atoms with van der Waals surface area (Å²) in [4.78, 5) is 16.8. The van der Waals surface area contributed by atoms with Crippen LogP contribution in [0.4, 0.5) is 5.95 Å². The standard InChI is InChI=1S/C6H7N5O/c1-3-2-4-8-6(12)9-5(7)11(4)10-3/h2H,1H3,(H3,7,8,9,12). The smallest absolute Gasteiger partial charge is 0.349 e. The van der Waals surface area contributed by atoms with Gasteiger partial charge in [0.1, 0.15) is 5.65 Å². The molecule has 62 valence electrons. The molecule has 2 rings (SSSR count). The van der Waals surface area contributed by atoms with Gasteiger partial charge < -0.3 is 5.73 Å². The van der Waals surface area contributed by atoms with Crippen LogP contribution in [0.1, 0.15) is 5.69 Å². The third-order valence-electron chi connectivity index (χ3n) is 1.50. The fraction of sp³-hybridized carbons (Fsp3) is 0.167. The van der Waals surface area contributed by atoms with E-state index in [1.165, 1.54) is 4.52 Å². The molecule has 6 heteroatoms. The Kier molecular flexibility index (Phi) is 1.18. The van der Waals surface area contributed by atoms with Crippen molar-refractivity contribution in [1.29, 1.82) is 0 Å². The third kappa shape index (κ3) is 0.849. The molecule has 0 aliphatic rings. The Labute approximate surface area is 67.0 Å². The predicted octanol–water partition coefficient (Wildman–Crippen LogP) is -0.692. The van der Waals surface area contributed by atoms with Crippen molar-refractivity contribution >= 4 is 11.6 Å². The summed E-state index contributed by atoms with van der Waals surface area (Å²) in [6.07, 6.45) is 0. The van der Waals surface area contributed by atoms with Crippen molar-refractivity contribution in [2.24, 2.45) is 0 Å². The van der Waals surface area contributed by atoms with E-state index in [0.29, 0.717) is 5.65 Å². The Bertz CT molecular complexity index is 482. The molecular formula is C6H7N5O. The van der Waals surface area contributed by atoms with Gasteiger partial charge >= 0.3 is 5.69 Å². The van der Waals surface area contributed by atoms with Crippen LogP contribution in [-0.4, -0.2) is 19.6 Å². The number of hydrogen-bond donors (Lipinski definition) is 2. The summed E-state index contributed by atoms with van der Waals surface area (Å²) in [5.41, 5.74) is 6.32. The highest BCUT2D eigenvalue weighted by Crippen LogP contribution is 2.02. The number of anilines is 1. The summed E-state index contributed by atoms with van der Waals surface area (Å²) in [6.45, 7) is 1.81. The summed E-state index contributed by atoms with van der Waals surface area (Å²) in [6, 6.07) is 1.72. The number of hydrogen-bond acceptors (Lipinski definition) is 4. The molecule has 0 radical (unpaired) electrons. The quantitative estimate of drug-likeness (QED) is 0.540. The Balaban J connectivity index is 2.97. The Morgan fingerprint density at radius 2 is 2.42 bits per heavy atom. The van der Waals surface area contributed by atoms with Crippen LogP contribution in [0.3, 0.4) is 0 Å². The lowest BCUT2D eigenvalue weighted by molar-refractivity contribution is 0.875. The maximum absolute atomic E-state index is 10.8. The van der Waals surface area contributed by atoms with Gasteiger partial charge in [-0.15, -0.1) is 0 Å². The van der Waals surface area contributed by atoms with E-state index in [-0.39, 0.29) is 5.95 Å². The van der Waals surface area contributed by atoms with Crippen LogP contribution in [0, 0.1) is 6.92 Å². The molecule has 2 aromatic heterocycles. The molecule has 0 unspecified atom stereocenters. The van der Waals surface area contributed by atoms with Crippen molar-refractivity contribution in [3.05, 3.63) is 22.2 Å². The highest BCUT2D eigenvalue weighted by Gasteiger charge is 2.02. The van der Waals surface area contributed by atoms with Crippen LogP contribution >= 0.6 is 0 Å². The van der Waals surface area contributed by atoms with E-state index in [9.17, 15) is 4.79 Å². The average Bonchev–Trinajstić information content (AvgIpc) is 2.29.